The van der Waals surface area contributed by atoms with Crippen molar-refractivity contribution < 1.29 is 9.53 Å². The minimum atomic E-state index is -0.138. The third-order valence-corrected chi connectivity index (χ3v) is 4.40. The van der Waals surface area contributed by atoms with Crippen molar-refractivity contribution in [3.63, 3.8) is 0 Å². The summed E-state index contributed by atoms with van der Waals surface area (Å²) in [7, 11) is 1.59. The molecule has 3 nitrogen and oxygen atoms in total. The average molecular weight is 391 g/mol. The molecule has 1 amide bonds. The lowest BCUT2D eigenvalue weighted by Crippen LogP contribution is -2.10. The molecule has 94 valence electrons. The van der Waals surface area contributed by atoms with Gasteiger partial charge >= 0.3 is 0 Å². The van der Waals surface area contributed by atoms with E-state index < -0.39 is 0 Å². The number of anilines is 1. The number of thiophene rings is 1. The summed E-state index contributed by atoms with van der Waals surface area (Å²) in [6.07, 6.45) is 0. The molecule has 0 unspecified atom stereocenters. The molecule has 0 aliphatic heterocycles. The molecule has 1 heterocycles. The van der Waals surface area contributed by atoms with Crippen LogP contribution in [0.2, 0.25) is 0 Å². The highest BCUT2D eigenvalue weighted by molar-refractivity contribution is 9.11. The number of benzene rings is 1. The number of methoxy groups -OCH3 is 1. The van der Waals surface area contributed by atoms with Gasteiger partial charge in [-0.15, -0.1) is 11.3 Å². The Morgan fingerprint density at radius 3 is 2.72 bits per heavy atom. The lowest BCUT2D eigenvalue weighted by molar-refractivity contribution is 0.102. The third kappa shape index (κ3) is 3.13. The fraction of sp³-hybridized carbons (Fsp3) is 0.0833. The number of carbonyl (C=O) groups excluding carboxylic acids is 1. The Bertz CT molecular complexity index is 583. The molecule has 2 aromatic rings. The lowest BCUT2D eigenvalue weighted by Gasteiger charge is -2.07. The van der Waals surface area contributed by atoms with Crippen LogP contribution >= 0.6 is 43.2 Å². The molecule has 0 saturated heterocycles. The van der Waals surface area contributed by atoms with E-state index >= 15 is 0 Å². The third-order valence-electron chi connectivity index (χ3n) is 2.24. The summed E-state index contributed by atoms with van der Waals surface area (Å²) in [6, 6.07) is 7.20. The van der Waals surface area contributed by atoms with Gasteiger partial charge in [0.25, 0.3) is 5.91 Å². The maximum absolute atomic E-state index is 11.9. The van der Waals surface area contributed by atoms with E-state index in [9.17, 15) is 4.79 Å². The van der Waals surface area contributed by atoms with Gasteiger partial charge in [-0.3, -0.25) is 4.79 Å². The van der Waals surface area contributed by atoms with E-state index in [-0.39, 0.29) is 5.91 Å². The molecule has 18 heavy (non-hydrogen) atoms. The lowest BCUT2D eigenvalue weighted by atomic mass is 10.2. The van der Waals surface area contributed by atoms with E-state index in [1.807, 2.05) is 12.1 Å². The molecule has 1 aromatic carbocycles. The number of hydrogen-bond acceptors (Lipinski definition) is 3. The van der Waals surface area contributed by atoms with Crippen molar-refractivity contribution in [2.45, 2.75) is 0 Å². The number of ether oxygens (including phenoxy) is 1. The van der Waals surface area contributed by atoms with E-state index in [2.05, 4.69) is 37.2 Å². The van der Waals surface area contributed by atoms with Gasteiger partial charge in [0.2, 0.25) is 0 Å². The molecule has 0 aliphatic carbocycles. The van der Waals surface area contributed by atoms with E-state index in [4.69, 9.17) is 4.74 Å². The summed E-state index contributed by atoms with van der Waals surface area (Å²) in [5, 5.41) is 4.62. The molecule has 0 atom stereocenters. The van der Waals surface area contributed by atoms with Crippen molar-refractivity contribution in [1.82, 2.24) is 0 Å². The van der Waals surface area contributed by atoms with Gasteiger partial charge in [-0.1, -0.05) is 0 Å². The highest BCUT2D eigenvalue weighted by Crippen LogP contribution is 2.28. The van der Waals surface area contributed by atoms with E-state index in [0.717, 1.165) is 8.26 Å². The van der Waals surface area contributed by atoms with Gasteiger partial charge < -0.3 is 10.1 Å². The molecule has 0 spiro atoms. The van der Waals surface area contributed by atoms with Gasteiger partial charge in [-0.25, -0.2) is 0 Å². The minimum absolute atomic E-state index is 0.138. The molecule has 6 heteroatoms. The van der Waals surface area contributed by atoms with Gasteiger partial charge in [0.15, 0.2) is 0 Å². The smallest absolute Gasteiger partial charge is 0.256 e. The zero-order valence-corrected chi connectivity index (χ0v) is 13.4. The summed E-state index contributed by atoms with van der Waals surface area (Å²) >= 11 is 8.17. The van der Waals surface area contributed by atoms with Gasteiger partial charge in [0.1, 0.15) is 5.75 Å². The molecule has 0 aliphatic rings. The normalized spacial score (nSPS) is 10.2. The predicted octanol–water partition coefficient (Wildman–Crippen LogP) is 4.53. The second-order valence-corrected chi connectivity index (χ2v) is 6.59. The van der Waals surface area contributed by atoms with Crippen molar-refractivity contribution in [1.29, 1.82) is 0 Å². The Balaban J connectivity index is 2.16. The monoisotopic (exact) mass is 389 g/mol. The number of carbonyl (C=O) groups is 1. The first-order chi connectivity index (χ1) is 8.60. The number of amides is 1. The second kappa shape index (κ2) is 5.86. The van der Waals surface area contributed by atoms with E-state index in [1.165, 1.54) is 11.3 Å². The highest BCUT2D eigenvalue weighted by atomic mass is 79.9. The zero-order chi connectivity index (χ0) is 13.1. The summed E-state index contributed by atoms with van der Waals surface area (Å²) in [5.74, 6) is 0.542. The first-order valence-corrected chi connectivity index (χ1v) is 7.45. The summed E-state index contributed by atoms with van der Waals surface area (Å²) in [6.45, 7) is 0. The molecule has 0 saturated carbocycles. The molecule has 1 aromatic heterocycles. The molecule has 0 fully saturated rings. The van der Waals surface area contributed by atoms with Crippen LogP contribution in [0.3, 0.4) is 0 Å². The van der Waals surface area contributed by atoms with Crippen LogP contribution in [0.5, 0.6) is 5.75 Å². The number of hydrogen-bond donors (Lipinski definition) is 1. The van der Waals surface area contributed by atoms with Crippen LogP contribution in [0.15, 0.2) is 37.9 Å². The predicted molar refractivity (Wildman–Crippen MR) is 80.7 cm³/mol. The second-order valence-electron chi connectivity index (χ2n) is 3.44. The van der Waals surface area contributed by atoms with E-state index in [1.54, 1.807) is 24.6 Å². The molecule has 1 N–H and O–H groups in total. The zero-order valence-electron chi connectivity index (χ0n) is 9.37. The van der Waals surface area contributed by atoms with Crippen molar-refractivity contribution in [3.05, 3.63) is 43.5 Å². The Kier molecular flexibility index (Phi) is 4.42. The fourth-order valence-corrected chi connectivity index (χ4v) is 2.92. The molecule has 0 bridgehead atoms. The summed E-state index contributed by atoms with van der Waals surface area (Å²) in [4.78, 5) is 11.9. The van der Waals surface area contributed by atoms with Crippen LogP contribution in [-0.2, 0) is 0 Å². The molecule has 0 radical (unpaired) electrons. The Labute approximate surface area is 125 Å². The van der Waals surface area contributed by atoms with Crippen LogP contribution in [0, 0.1) is 0 Å². The summed E-state index contributed by atoms with van der Waals surface area (Å²) in [5.41, 5.74) is 1.33. The van der Waals surface area contributed by atoms with Crippen molar-refractivity contribution in [2.24, 2.45) is 0 Å². The van der Waals surface area contributed by atoms with E-state index in [0.29, 0.717) is 17.0 Å². The van der Waals surface area contributed by atoms with Crippen LogP contribution < -0.4 is 10.1 Å². The Morgan fingerprint density at radius 2 is 2.11 bits per heavy atom. The van der Waals surface area contributed by atoms with Gasteiger partial charge in [-0.05, 0) is 50.1 Å². The van der Waals surface area contributed by atoms with Crippen molar-refractivity contribution in [3.8, 4) is 5.75 Å². The Hall–Kier alpha value is -0.850. The number of nitrogens with one attached hydrogen (secondary N) is 1. The quantitative estimate of drug-likeness (QED) is 0.835. The SMILES string of the molecule is COc1cc(NC(=O)c2csc(Br)c2)ccc1Br. The fourth-order valence-electron chi connectivity index (χ4n) is 1.37. The first-order valence-electron chi connectivity index (χ1n) is 4.99. The van der Waals surface area contributed by atoms with Crippen molar-refractivity contribution in [2.75, 3.05) is 12.4 Å². The van der Waals surface area contributed by atoms with Crippen molar-refractivity contribution >= 4 is 54.8 Å². The van der Waals surface area contributed by atoms with Gasteiger partial charge in [-0.2, -0.15) is 0 Å². The maximum atomic E-state index is 11.9. The molecular weight excluding hydrogens is 382 g/mol. The topological polar surface area (TPSA) is 38.3 Å². The first kappa shape index (κ1) is 13.6. The standard InChI is InChI=1S/C12H9Br2NO2S/c1-17-10-5-8(2-3-9(10)13)15-12(16)7-4-11(14)18-6-7/h2-6H,1H3,(H,15,16). The average Bonchev–Trinajstić information content (AvgIpc) is 2.78. The van der Waals surface area contributed by atoms with Crippen LogP contribution in [0.25, 0.3) is 0 Å². The van der Waals surface area contributed by atoms with Crippen LogP contribution in [0.1, 0.15) is 10.4 Å². The maximum Gasteiger partial charge on any atom is 0.256 e. The number of rotatable bonds is 3. The number of halogens is 2. The van der Waals surface area contributed by atoms with Gasteiger partial charge in [0, 0.05) is 17.1 Å². The largest absolute Gasteiger partial charge is 0.495 e. The molecular formula is C12H9Br2NO2S. The summed E-state index contributed by atoms with van der Waals surface area (Å²) < 4.78 is 6.95. The van der Waals surface area contributed by atoms with Crippen LogP contribution in [-0.4, -0.2) is 13.0 Å². The highest BCUT2D eigenvalue weighted by Gasteiger charge is 2.09. The van der Waals surface area contributed by atoms with Gasteiger partial charge in [0.05, 0.1) is 20.9 Å². The minimum Gasteiger partial charge on any atom is -0.495 e. The van der Waals surface area contributed by atoms with Crippen LogP contribution in [0.4, 0.5) is 5.69 Å². The Morgan fingerprint density at radius 1 is 1.33 bits per heavy atom. The molecule has 2 rings (SSSR count).